The molecule has 0 radical (unpaired) electrons. The molecule has 0 aliphatic heterocycles. The SMILES string of the molecule is NC(=O)c1cnc(NC2CCCCC2NC(=O)O)nc1Nc1ccc(-c2ccno2)cc1. The van der Waals surface area contributed by atoms with E-state index >= 15 is 0 Å². The van der Waals surface area contributed by atoms with Crippen molar-refractivity contribution in [1.29, 1.82) is 0 Å². The van der Waals surface area contributed by atoms with E-state index in [1.807, 2.05) is 24.3 Å². The van der Waals surface area contributed by atoms with Crippen molar-refractivity contribution in [3.63, 3.8) is 0 Å². The molecular weight excluding hydrogens is 414 g/mol. The minimum atomic E-state index is -1.06. The molecule has 11 nitrogen and oxygen atoms in total. The molecule has 166 valence electrons. The molecule has 4 rings (SSSR count). The van der Waals surface area contributed by atoms with Gasteiger partial charge in [-0.1, -0.05) is 18.0 Å². The van der Waals surface area contributed by atoms with Crippen molar-refractivity contribution in [1.82, 2.24) is 20.4 Å². The minimum Gasteiger partial charge on any atom is -0.465 e. The number of primary amides is 1. The lowest BCUT2D eigenvalue weighted by atomic mass is 9.90. The summed E-state index contributed by atoms with van der Waals surface area (Å²) in [6.07, 6.45) is 5.28. The molecule has 1 aromatic carbocycles. The summed E-state index contributed by atoms with van der Waals surface area (Å²) in [5, 5.41) is 21.6. The molecule has 1 aliphatic carbocycles. The van der Waals surface area contributed by atoms with Crippen molar-refractivity contribution >= 4 is 29.5 Å². The second-order valence-electron chi connectivity index (χ2n) is 7.49. The highest BCUT2D eigenvalue weighted by molar-refractivity contribution is 5.98. The number of hydrogen-bond donors (Lipinski definition) is 5. The highest BCUT2D eigenvalue weighted by atomic mass is 16.5. The summed E-state index contributed by atoms with van der Waals surface area (Å²) in [7, 11) is 0. The fourth-order valence-corrected chi connectivity index (χ4v) is 3.75. The number of nitrogens with two attached hydrogens (primary N) is 1. The summed E-state index contributed by atoms with van der Waals surface area (Å²) in [6.45, 7) is 0. The molecule has 2 atom stereocenters. The lowest BCUT2D eigenvalue weighted by Gasteiger charge is -2.32. The zero-order chi connectivity index (χ0) is 22.5. The van der Waals surface area contributed by atoms with Gasteiger partial charge in [-0.3, -0.25) is 4.79 Å². The first kappa shape index (κ1) is 21.1. The molecule has 2 amide bonds. The number of carbonyl (C=O) groups excluding carboxylic acids is 1. The lowest BCUT2D eigenvalue weighted by Crippen LogP contribution is -2.48. The molecule has 2 unspecified atom stereocenters. The van der Waals surface area contributed by atoms with Gasteiger partial charge < -0.3 is 31.3 Å². The largest absolute Gasteiger partial charge is 0.465 e. The van der Waals surface area contributed by atoms with Crippen LogP contribution >= 0.6 is 0 Å². The Hall–Kier alpha value is -4.15. The average Bonchev–Trinajstić information content (AvgIpc) is 3.30. The van der Waals surface area contributed by atoms with Gasteiger partial charge in [-0.2, -0.15) is 4.98 Å². The van der Waals surface area contributed by atoms with E-state index in [1.54, 1.807) is 12.3 Å². The summed E-state index contributed by atoms with van der Waals surface area (Å²) < 4.78 is 5.15. The van der Waals surface area contributed by atoms with Gasteiger partial charge in [-0.25, -0.2) is 9.78 Å². The van der Waals surface area contributed by atoms with Crippen LogP contribution in [0, 0.1) is 0 Å². The van der Waals surface area contributed by atoms with Gasteiger partial charge in [-0.15, -0.1) is 0 Å². The summed E-state index contributed by atoms with van der Waals surface area (Å²) in [6, 6.07) is 8.66. The van der Waals surface area contributed by atoms with E-state index in [0.29, 0.717) is 11.4 Å². The third-order valence-electron chi connectivity index (χ3n) is 5.31. The quantitative estimate of drug-likeness (QED) is 0.373. The van der Waals surface area contributed by atoms with Crippen LogP contribution in [0.25, 0.3) is 11.3 Å². The maximum absolute atomic E-state index is 11.9. The summed E-state index contributed by atoms with van der Waals surface area (Å²) in [5.74, 6) is 0.501. The highest BCUT2D eigenvalue weighted by Crippen LogP contribution is 2.25. The van der Waals surface area contributed by atoms with Crippen LogP contribution in [0.1, 0.15) is 36.0 Å². The summed E-state index contributed by atoms with van der Waals surface area (Å²) in [5.41, 5.74) is 7.16. The van der Waals surface area contributed by atoms with Crippen molar-refractivity contribution in [3.8, 4) is 11.3 Å². The Kier molecular flexibility index (Phi) is 6.15. The molecule has 0 spiro atoms. The molecule has 2 heterocycles. The predicted molar refractivity (Wildman–Crippen MR) is 117 cm³/mol. The Labute approximate surface area is 183 Å². The maximum atomic E-state index is 11.9. The third-order valence-corrected chi connectivity index (χ3v) is 5.31. The van der Waals surface area contributed by atoms with Crippen LogP contribution in [0.3, 0.4) is 0 Å². The van der Waals surface area contributed by atoms with Crippen LogP contribution in [0.5, 0.6) is 0 Å². The number of hydrogen-bond acceptors (Lipinski definition) is 8. The van der Waals surface area contributed by atoms with Crippen molar-refractivity contribution < 1.29 is 19.2 Å². The molecule has 11 heteroatoms. The third kappa shape index (κ3) is 4.94. The van der Waals surface area contributed by atoms with Crippen molar-refractivity contribution in [2.75, 3.05) is 10.6 Å². The van der Waals surface area contributed by atoms with E-state index in [9.17, 15) is 9.59 Å². The van der Waals surface area contributed by atoms with Crippen LogP contribution < -0.4 is 21.7 Å². The second-order valence-corrected chi connectivity index (χ2v) is 7.49. The van der Waals surface area contributed by atoms with Crippen LogP contribution in [0.2, 0.25) is 0 Å². The topological polar surface area (TPSA) is 168 Å². The van der Waals surface area contributed by atoms with Gasteiger partial charge in [0.25, 0.3) is 5.91 Å². The number of nitrogens with one attached hydrogen (secondary N) is 3. The van der Waals surface area contributed by atoms with Crippen LogP contribution in [-0.2, 0) is 0 Å². The standard InChI is InChI=1S/C21H23N7O4/c22-18(29)14-11-23-20(26-15-3-1-2-4-16(15)27-21(30)31)28-19(14)25-13-7-5-12(6-8-13)17-9-10-24-32-17/h5-11,15-16,27H,1-4H2,(H2,22,29)(H,30,31)(H2,23,25,26,28). The molecule has 2 aromatic heterocycles. The number of carboxylic acid groups (broad SMARTS) is 1. The number of carbonyl (C=O) groups is 2. The number of benzene rings is 1. The summed E-state index contributed by atoms with van der Waals surface area (Å²) >= 11 is 0. The number of anilines is 3. The van der Waals surface area contributed by atoms with E-state index in [4.69, 9.17) is 15.4 Å². The van der Waals surface area contributed by atoms with Crippen molar-refractivity contribution in [2.24, 2.45) is 5.73 Å². The molecule has 1 fully saturated rings. The van der Waals surface area contributed by atoms with Gasteiger partial charge in [0, 0.05) is 29.6 Å². The second kappa shape index (κ2) is 9.33. The van der Waals surface area contributed by atoms with Gasteiger partial charge in [0.15, 0.2) is 5.76 Å². The van der Waals surface area contributed by atoms with Crippen LogP contribution in [0.4, 0.5) is 22.2 Å². The number of aromatic nitrogens is 3. The van der Waals surface area contributed by atoms with Gasteiger partial charge in [-0.05, 0) is 37.1 Å². The smallest absolute Gasteiger partial charge is 0.404 e. The van der Waals surface area contributed by atoms with Gasteiger partial charge >= 0.3 is 6.09 Å². The Morgan fingerprint density at radius 1 is 1.09 bits per heavy atom. The van der Waals surface area contributed by atoms with Gasteiger partial charge in [0.05, 0.1) is 12.2 Å². The van der Waals surface area contributed by atoms with Gasteiger partial charge in [0.2, 0.25) is 5.95 Å². The highest BCUT2D eigenvalue weighted by Gasteiger charge is 2.27. The van der Waals surface area contributed by atoms with Crippen LogP contribution in [0.15, 0.2) is 47.2 Å². The van der Waals surface area contributed by atoms with Crippen LogP contribution in [-0.4, -0.2) is 44.3 Å². The number of nitrogens with zero attached hydrogens (tertiary/aromatic N) is 3. The Balaban J connectivity index is 1.54. The first-order valence-electron chi connectivity index (χ1n) is 10.2. The molecule has 0 saturated heterocycles. The molecule has 1 saturated carbocycles. The minimum absolute atomic E-state index is 0.138. The number of amides is 2. The molecule has 6 N–H and O–H groups in total. The summed E-state index contributed by atoms with van der Waals surface area (Å²) in [4.78, 5) is 31.6. The predicted octanol–water partition coefficient (Wildman–Crippen LogP) is 2.96. The lowest BCUT2D eigenvalue weighted by molar-refractivity contribution is 0.100. The molecular formula is C21H23N7O4. The molecule has 32 heavy (non-hydrogen) atoms. The van der Waals surface area contributed by atoms with Crippen molar-refractivity contribution in [2.45, 2.75) is 37.8 Å². The maximum Gasteiger partial charge on any atom is 0.404 e. The fourth-order valence-electron chi connectivity index (χ4n) is 3.75. The first-order chi connectivity index (χ1) is 15.5. The Bertz CT molecular complexity index is 1090. The monoisotopic (exact) mass is 437 g/mol. The van der Waals surface area contributed by atoms with E-state index < -0.39 is 12.0 Å². The molecule has 0 bridgehead atoms. The molecule has 1 aliphatic rings. The van der Waals surface area contributed by atoms with Gasteiger partial charge in [0.1, 0.15) is 11.4 Å². The normalized spacial score (nSPS) is 18.0. The zero-order valence-corrected chi connectivity index (χ0v) is 17.1. The van der Waals surface area contributed by atoms with E-state index in [-0.39, 0.29) is 29.4 Å². The van der Waals surface area contributed by atoms with E-state index in [2.05, 4.69) is 31.1 Å². The molecule has 3 aromatic rings. The van der Waals surface area contributed by atoms with E-state index in [1.165, 1.54) is 6.20 Å². The number of rotatable bonds is 7. The Morgan fingerprint density at radius 2 is 1.84 bits per heavy atom. The zero-order valence-electron chi connectivity index (χ0n) is 17.1. The van der Waals surface area contributed by atoms with E-state index in [0.717, 1.165) is 31.2 Å². The Morgan fingerprint density at radius 3 is 2.50 bits per heavy atom. The first-order valence-corrected chi connectivity index (χ1v) is 10.2. The van der Waals surface area contributed by atoms with Crippen molar-refractivity contribution in [3.05, 3.63) is 48.3 Å². The average molecular weight is 437 g/mol. The fraction of sp³-hybridized carbons (Fsp3) is 0.286.